The SMILES string of the molecule is CCOC(=O)[C@]1(CN)[C@@H](c2cccc(Cl)c2)[C@@H]1S(=O)(=O)c1ccc(Cl)cc1. The molecule has 3 atom stereocenters. The molecule has 144 valence electrons. The third kappa shape index (κ3) is 3.36. The molecule has 0 heterocycles. The standard InChI is InChI=1S/C19H19Cl2NO4S/c1-2-26-18(23)19(11-22)16(12-4-3-5-14(21)10-12)17(19)27(24,25)15-8-6-13(20)7-9-15/h3-10,16-17H,2,11,22H2,1H3/t16-,17-,19+/m0/s1. The van der Waals surface area contributed by atoms with Gasteiger partial charge in [-0.15, -0.1) is 0 Å². The molecular weight excluding hydrogens is 409 g/mol. The molecule has 0 radical (unpaired) electrons. The summed E-state index contributed by atoms with van der Waals surface area (Å²) in [7, 11) is -3.86. The Hall–Kier alpha value is -1.60. The number of hydrogen-bond acceptors (Lipinski definition) is 5. The number of ether oxygens (including phenoxy) is 1. The zero-order valence-corrected chi connectivity index (χ0v) is 16.9. The van der Waals surface area contributed by atoms with E-state index in [0.29, 0.717) is 15.6 Å². The van der Waals surface area contributed by atoms with Gasteiger partial charge in [0.15, 0.2) is 9.84 Å². The molecule has 27 heavy (non-hydrogen) atoms. The van der Waals surface area contributed by atoms with E-state index < -0.39 is 32.4 Å². The van der Waals surface area contributed by atoms with Crippen LogP contribution in [0.1, 0.15) is 18.4 Å². The summed E-state index contributed by atoms with van der Waals surface area (Å²) >= 11 is 11.9. The number of benzene rings is 2. The summed E-state index contributed by atoms with van der Waals surface area (Å²) in [6, 6.07) is 12.7. The van der Waals surface area contributed by atoms with E-state index in [1.165, 1.54) is 24.3 Å². The van der Waals surface area contributed by atoms with E-state index >= 15 is 0 Å². The Labute approximate surface area is 168 Å². The second kappa shape index (κ2) is 7.43. The average Bonchev–Trinajstić information content (AvgIpc) is 3.34. The second-order valence-electron chi connectivity index (χ2n) is 6.42. The van der Waals surface area contributed by atoms with Gasteiger partial charge in [-0.1, -0.05) is 35.3 Å². The number of hydrogen-bond donors (Lipinski definition) is 1. The predicted molar refractivity (Wildman–Crippen MR) is 105 cm³/mol. The number of nitrogens with two attached hydrogens (primary N) is 1. The highest BCUT2D eigenvalue weighted by Gasteiger charge is 2.75. The minimum absolute atomic E-state index is 0.0866. The fourth-order valence-electron chi connectivity index (χ4n) is 3.64. The van der Waals surface area contributed by atoms with Crippen molar-refractivity contribution in [3.63, 3.8) is 0 Å². The van der Waals surface area contributed by atoms with E-state index in [1.54, 1.807) is 31.2 Å². The van der Waals surface area contributed by atoms with Gasteiger partial charge >= 0.3 is 5.97 Å². The Kier molecular flexibility index (Phi) is 5.54. The minimum atomic E-state index is -3.86. The molecule has 2 aromatic rings. The van der Waals surface area contributed by atoms with Crippen LogP contribution in [0, 0.1) is 5.41 Å². The molecule has 5 nitrogen and oxygen atoms in total. The third-order valence-electron chi connectivity index (χ3n) is 4.93. The predicted octanol–water partition coefficient (Wildman–Crippen LogP) is 3.44. The van der Waals surface area contributed by atoms with Crippen molar-refractivity contribution >= 4 is 39.0 Å². The van der Waals surface area contributed by atoms with Crippen molar-refractivity contribution in [3.05, 3.63) is 64.1 Å². The molecule has 0 amide bonds. The number of sulfone groups is 1. The summed E-state index contributed by atoms with van der Waals surface area (Å²) in [6.07, 6.45) is 0. The number of esters is 1. The van der Waals surface area contributed by atoms with Crippen molar-refractivity contribution in [2.24, 2.45) is 11.1 Å². The highest BCUT2D eigenvalue weighted by Crippen LogP contribution is 2.64. The van der Waals surface area contributed by atoms with E-state index in [9.17, 15) is 13.2 Å². The van der Waals surface area contributed by atoms with Gasteiger partial charge < -0.3 is 10.5 Å². The lowest BCUT2D eigenvalue weighted by Gasteiger charge is -2.14. The van der Waals surface area contributed by atoms with E-state index in [0.717, 1.165) is 0 Å². The number of carbonyl (C=O) groups excluding carboxylic acids is 1. The Balaban J connectivity index is 2.12. The molecule has 1 aliphatic carbocycles. The average molecular weight is 428 g/mol. The van der Waals surface area contributed by atoms with Gasteiger partial charge in [0.05, 0.1) is 16.8 Å². The van der Waals surface area contributed by atoms with Crippen LogP contribution in [-0.4, -0.2) is 32.8 Å². The van der Waals surface area contributed by atoms with E-state index in [-0.39, 0.29) is 18.0 Å². The molecule has 1 aliphatic rings. The first kappa shape index (κ1) is 20.1. The number of rotatable bonds is 6. The van der Waals surface area contributed by atoms with Gasteiger partial charge in [0.1, 0.15) is 5.41 Å². The van der Waals surface area contributed by atoms with Crippen LogP contribution in [0.15, 0.2) is 53.4 Å². The van der Waals surface area contributed by atoms with Gasteiger partial charge in [-0.3, -0.25) is 4.79 Å². The van der Waals surface area contributed by atoms with Crippen LogP contribution in [-0.2, 0) is 19.4 Å². The van der Waals surface area contributed by atoms with Crippen LogP contribution in [0.25, 0.3) is 0 Å². The summed E-state index contributed by atoms with van der Waals surface area (Å²) in [5.74, 6) is -1.25. The summed E-state index contributed by atoms with van der Waals surface area (Å²) < 4.78 is 31.8. The molecule has 0 aromatic heterocycles. The Morgan fingerprint density at radius 3 is 2.37 bits per heavy atom. The Morgan fingerprint density at radius 2 is 1.81 bits per heavy atom. The first-order valence-corrected chi connectivity index (χ1v) is 10.7. The molecule has 0 unspecified atom stereocenters. The van der Waals surface area contributed by atoms with Crippen molar-refractivity contribution in [2.75, 3.05) is 13.2 Å². The van der Waals surface area contributed by atoms with Gasteiger partial charge in [-0.2, -0.15) is 0 Å². The first-order chi connectivity index (χ1) is 12.8. The lowest BCUT2D eigenvalue weighted by Crippen LogP contribution is -2.33. The maximum atomic E-state index is 13.3. The first-order valence-electron chi connectivity index (χ1n) is 8.41. The summed E-state index contributed by atoms with van der Waals surface area (Å²) in [4.78, 5) is 12.8. The number of halogens is 2. The van der Waals surface area contributed by atoms with E-state index in [2.05, 4.69) is 0 Å². The lowest BCUT2D eigenvalue weighted by atomic mass is 9.99. The van der Waals surface area contributed by atoms with Crippen LogP contribution in [0.2, 0.25) is 10.0 Å². The monoisotopic (exact) mass is 427 g/mol. The smallest absolute Gasteiger partial charge is 0.315 e. The summed E-state index contributed by atoms with van der Waals surface area (Å²) in [5, 5.41) is -0.155. The van der Waals surface area contributed by atoms with E-state index in [1.807, 2.05) is 0 Å². The molecule has 0 saturated heterocycles. The molecule has 0 spiro atoms. The van der Waals surface area contributed by atoms with Crippen molar-refractivity contribution < 1.29 is 17.9 Å². The van der Waals surface area contributed by atoms with Crippen molar-refractivity contribution in [2.45, 2.75) is 23.0 Å². The van der Waals surface area contributed by atoms with Crippen molar-refractivity contribution in [3.8, 4) is 0 Å². The molecule has 1 saturated carbocycles. The maximum Gasteiger partial charge on any atom is 0.315 e. The maximum absolute atomic E-state index is 13.3. The quantitative estimate of drug-likeness (QED) is 0.713. The highest BCUT2D eigenvalue weighted by molar-refractivity contribution is 7.92. The fourth-order valence-corrected chi connectivity index (χ4v) is 6.34. The zero-order chi connectivity index (χ0) is 19.8. The Bertz CT molecular complexity index is 962. The molecule has 8 heteroatoms. The molecule has 3 rings (SSSR count). The Morgan fingerprint density at radius 1 is 1.15 bits per heavy atom. The summed E-state index contributed by atoms with van der Waals surface area (Å²) in [6.45, 7) is 1.65. The largest absolute Gasteiger partial charge is 0.465 e. The normalized spacial score (nSPS) is 24.4. The van der Waals surface area contributed by atoms with Crippen LogP contribution < -0.4 is 5.73 Å². The highest BCUT2D eigenvalue weighted by atomic mass is 35.5. The van der Waals surface area contributed by atoms with E-state index in [4.69, 9.17) is 33.7 Å². The van der Waals surface area contributed by atoms with Crippen LogP contribution in [0.4, 0.5) is 0 Å². The van der Waals surface area contributed by atoms with Crippen LogP contribution in [0.3, 0.4) is 0 Å². The van der Waals surface area contributed by atoms with Crippen molar-refractivity contribution in [1.82, 2.24) is 0 Å². The lowest BCUT2D eigenvalue weighted by molar-refractivity contribution is -0.149. The van der Waals surface area contributed by atoms with Crippen LogP contribution in [0.5, 0.6) is 0 Å². The van der Waals surface area contributed by atoms with Gasteiger partial charge in [0.2, 0.25) is 0 Å². The van der Waals surface area contributed by atoms with Crippen LogP contribution >= 0.6 is 23.2 Å². The zero-order valence-electron chi connectivity index (χ0n) is 14.6. The van der Waals surface area contributed by atoms with Gasteiger partial charge in [-0.25, -0.2) is 8.42 Å². The molecule has 0 aliphatic heterocycles. The fraction of sp³-hybridized carbons (Fsp3) is 0.316. The van der Waals surface area contributed by atoms with Gasteiger partial charge in [-0.05, 0) is 48.9 Å². The van der Waals surface area contributed by atoms with Crippen molar-refractivity contribution in [1.29, 1.82) is 0 Å². The second-order valence-corrected chi connectivity index (χ2v) is 9.36. The number of carbonyl (C=O) groups is 1. The molecule has 0 bridgehead atoms. The molecule has 1 fully saturated rings. The van der Waals surface area contributed by atoms with Gasteiger partial charge in [0.25, 0.3) is 0 Å². The topological polar surface area (TPSA) is 86.5 Å². The molecule has 2 N–H and O–H groups in total. The third-order valence-corrected chi connectivity index (χ3v) is 7.71. The molecule has 2 aromatic carbocycles. The summed E-state index contributed by atoms with van der Waals surface area (Å²) in [5.41, 5.74) is 5.23. The molecular formula is C19H19Cl2NO4S. The van der Waals surface area contributed by atoms with Gasteiger partial charge in [0, 0.05) is 22.5 Å². The minimum Gasteiger partial charge on any atom is -0.465 e.